The normalized spacial score (nSPS) is 11.8. The lowest BCUT2D eigenvalue weighted by Crippen LogP contribution is -1.88. The van der Waals surface area contributed by atoms with Crippen LogP contribution in [0.1, 0.15) is 18.1 Å². The quantitative estimate of drug-likeness (QED) is 0.466. The van der Waals surface area contributed by atoms with Gasteiger partial charge in [-0.1, -0.05) is 42.5 Å². The Bertz CT molecular complexity index is 659. The lowest BCUT2D eigenvalue weighted by molar-refractivity contribution is -0.384. The molecule has 2 aromatic carbocycles. The van der Waals surface area contributed by atoms with Gasteiger partial charge in [0.1, 0.15) is 0 Å². The molecule has 0 unspecified atom stereocenters. The average molecular weight is 280 g/mol. The van der Waals surface area contributed by atoms with Gasteiger partial charge in [-0.15, -0.1) is 0 Å². The van der Waals surface area contributed by atoms with Crippen molar-refractivity contribution in [3.8, 4) is 0 Å². The van der Waals surface area contributed by atoms with Gasteiger partial charge in [-0.05, 0) is 29.7 Å². The molecule has 0 saturated carbocycles. The van der Waals surface area contributed by atoms with Gasteiger partial charge < -0.3 is 0 Å². The molecule has 4 nitrogen and oxygen atoms in total. The number of aliphatic imine (C=N–C) groups is 1. The molecule has 0 aliphatic heterocycles. The van der Waals surface area contributed by atoms with Crippen LogP contribution in [0.15, 0.2) is 65.7 Å². The van der Waals surface area contributed by atoms with Gasteiger partial charge in [-0.3, -0.25) is 15.1 Å². The van der Waals surface area contributed by atoms with Gasteiger partial charge in [0.05, 0.1) is 11.5 Å². The molecule has 0 aliphatic carbocycles. The highest BCUT2D eigenvalue weighted by atomic mass is 16.6. The minimum atomic E-state index is -0.404. The van der Waals surface area contributed by atoms with E-state index in [0.717, 1.165) is 11.1 Å². The predicted molar refractivity (Wildman–Crippen MR) is 85.4 cm³/mol. The molecule has 0 N–H and O–H groups in total. The smallest absolute Gasteiger partial charge is 0.269 e. The van der Waals surface area contributed by atoms with Crippen LogP contribution >= 0.6 is 0 Å². The summed E-state index contributed by atoms with van der Waals surface area (Å²) in [6.45, 7) is 2.55. The van der Waals surface area contributed by atoms with Gasteiger partial charge in [-0.2, -0.15) is 0 Å². The van der Waals surface area contributed by atoms with Crippen LogP contribution in [0, 0.1) is 10.1 Å². The summed E-state index contributed by atoms with van der Waals surface area (Å²) in [7, 11) is 0. The highest BCUT2D eigenvalue weighted by molar-refractivity contribution is 5.83. The molecule has 2 aromatic rings. The summed E-state index contributed by atoms with van der Waals surface area (Å²) in [5.41, 5.74) is 3.35. The van der Waals surface area contributed by atoms with Gasteiger partial charge >= 0.3 is 0 Å². The van der Waals surface area contributed by atoms with E-state index in [2.05, 4.69) is 17.1 Å². The molecule has 0 amide bonds. The summed E-state index contributed by atoms with van der Waals surface area (Å²) >= 11 is 0. The lowest BCUT2D eigenvalue weighted by atomic mass is 10.1. The zero-order valence-corrected chi connectivity index (χ0v) is 11.8. The highest BCUT2D eigenvalue weighted by Gasteiger charge is 2.02. The van der Waals surface area contributed by atoms with Gasteiger partial charge in [0, 0.05) is 18.3 Å². The summed E-state index contributed by atoms with van der Waals surface area (Å²) in [5, 5.41) is 10.6. The summed E-state index contributed by atoms with van der Waals surface area (Å²) in [5.74, 6) is 0. The first-order valence-electron chi connectivity index (χ1n) is 6.62. The Labute approximate surface area is 123 Å². The van der Waals surface area contributed by atoms with Crippen molar-refractivity contribution in [3.63, 3.8) is 0 Å². The Hall–Kier alpha value is -2.75. The van der Waals surface area contributed by atoms with Gasteiger partial charge in [0.25, 0.3) is 5.69 Å². The molecule has 0 heterocycles. The van der Waals surface area contributed by atoms with Crippen molar-refractivity contribution in [2.75, 3.05) is 0 Å². The van der Waals surface area contributed by atoms with Crippen molar-refractivity contribution in [1.29, 1.82) is 0 Å². The molecule has 0 spiro atoms. The zero-order valence-electron chi connectivity index (χ0n) is 11.8. The van der Waals surface area contributed by atoms with E-state index >= 15 is 0 Å². The van der Waals surface area contributed by atoms with Crippen molar-refractivity contribution in [1.82, 2.24) is 0 Å². The van der Waals surface area contributed by atoms with Crippen LogP contribution in [0.2, 0.25) is 0 Å². The van der Waals surface area contributed by atoms with Crippen molar-refractivity contribution >= 4 is 17.5 Å². The number of hydrogen-bond acceptors (Lipinski definition) is 3. The second-order valence-corrected chi connectivity index (χ2v) is 4.63. The Morgan fingerprint density at radius 3 is 2.43 bits per heavy atom. The van der Waals surface area contributed by atoms with E-state index in [9.17, 15) is 10.1 Å². The Morgan fingerprint density at radius 2 is 1.81 bits per heavy atom. The molecule has 0 radical (unpaired) electrons. The van der Waals surface area contributed by atoms with Crippen molar-refractivity contribution in [3.05, 3.63) is 81.9 Å². The van der Waals surface area contributed by atoms with E-state index in [-0.39, 0.29) is 5.69 Å². The zero-order chi connectivity index (χ0) is 15.1. The monoisotopic (exact) mass is 280 g/mol. The van der Waals surface area contributed by atoms with Crippen LogP contribution in [0.25, 0.3) is 5.57 Å². The highest BCUT2D eigenvalue weighted by Crippen LogP contribution is 2.13. The van der Waals surface area contributed by atoms with E-state index in [0.29, 0.717) is 6.54 Å². The number of rotatable bonds is 5. The second kappa shape index (κ2) is 7.14. The van der Waals surface area contributed by atoms with Crippen molar-refractivity contribution < 1.29 is 4.92 Å². The van der Waals surface area contributed by atoms with E-state index in [1.54, 1.807) is 18.3 Å². The Morgan fingerprint density at radius 1 is 1.14 bits per heavy atom. The SMILES string of the molecule is C/C(=C\C=NCc1ccc([N+](=O)[O-])cc1)c1ccccc1. The minimum Gasteiger partial charge on any atom is -0.288 e. The first-order chi connectivity index (χ1) is 10.2. The first-order valence-corrected chi connectivity index (χ1v) is 6.62. The third kappa shape index (κ3) is 4.38. The number of nitro benzene ring substituents is 1. The Kier molecular flexibility index (Phi) is 4.99. The molecule has 2 rings (SSSR count). The summed E-state index contributed by atoms with van der Waals surface area (Å²) < 4.78 is 0. The standard InChI is InChI=1S/C17H16N2O2/c1-14(16-5-3-2-4-6-16)11-12-18-13-15-7-9-17(10-8-15)19(20)21/h2-12H,13H2,1H3/b14-11+,18-12?. The minimum absolute atomic E-state index is 0.0996. The third-order valence-corrected chi connectivity index (χ3v) is 3.08. The van der Waals surface area contributed by atoms with Crippen LogP contribution in [0.5, 0.6) is 0 Å². The fraction of sp³-hybridized carbons (Fsp3) is 0.118. The van der Waals surface area contributed by atoms with Crippen LogP contribution in [-0.2, 0) is 6.54 Å². The maximum Gasteiger partial charge on any atom is 0.269 e. The number of hydrogen-bond donors (Lipinski definition) is 0. The molecule has 21 heavy (non-hydrogen) atoms. The fourth-order valence-electron chi connectivity index (χ4n) is 1.84. The van der Waals surface area contributed by atoms with Crippen molar-refractivity contribution in [2.45, 2.75) is 13.5 Å². The molecule has 0 aromatic heterocycles. The maximum atomic E-state index is 10.6. The summed E-state index contributed by atoms with van der Waals surface area (Å²) in [6.07, 6.45) is 3.73. The number of nitrogens with zero attached hydrogens (tertiary/aromatic N) is 2. The van der Waals surface area contributed by atoms with E-state index < -0.39 is 4.92 Å². The first kappa shape index (κ1) is 14.7. The van der Waals surface area contributed by atoms with Crippen LogP contribution in [0.3, 0.4) is 0 Å². The molecule has 0 bridgehead atoms. The van der Waals surface area contributed by atoms with E-state index in [1.807, 2.05) is 31.2 Å². The Balaban J connectivity index is 1.95. The lowest BCUT2D eigenvalue weighted by Gasteiger charge is -1.98. The molecular formula is C17H16N2O2. The summed E-state index contributed by atoms with van der Waals surface area (Å²) in [4.78, 5) is 14.5. The van der Waals surface area contributed by atoms with E-state index in [4.69, 9.17) is 0 Å². The van der Waals surface area contributed by atoms with Crippen LogP contribution < -0.4 is 0 Å². The fourth-order valence-corrected chi connectivity index (χ4v) is 1.84. The number of benzene rings is 2. The van der Waals surface area contributed by atoms with Gasteiger partial charge in [0.15, 0.2) is 0 Å². The molecule has 0 fully saturated rings. The molecular weight excluding hydrogens is 264 g/mol. The topological polar surface area (TPSA) is 55.5 Å². The second-order valence-electron chi connectivity index (χ2n) is 4.63. The number of non-ortho nitro benzene ring substituents is 1. The van der Waals surface area contributed by atoms with Crippen LogP contribution in [0.4, 0.5) is 5.69 Å². The molecule has 0 aliphatic rings. The number of nitro groups is 1. The maximum absolute atomic E-state index is 10.6. The average Bonchev–Trinajstić information content (AvgIpc) is 2.52. The molecule has 4 heteroatoms. The summed E-state index contributed by atoms with van der Waals surface area (Å²) in [6, 6.07) is 16.5. The molecule has 0 saturated heterocycles. The number of allylic oxidation sites excluding steroid dienone is 2. The van der Waals surface area contributed by atoms with E-state index in [1.165, 1.54) is 17.7 Å². The predicted octanol–water partition coefficient (Wildman–Crippen LogP) is 4.27. The largest absolute Gasteiger partial charge is 0.288 e. The van der Waals surface area contributed by atoms with Gasteiger partial charge in [0.2, 0.25) is 0 Å². The third-order valence-electron chi connectivity index (χ3n) is 3.08. The van der Waals surface area contributed by atoms with Gasteiger partial charge in [-0.25, -0.2) is 0 Å². The van der Waals surface area contributed by atoms with Crippen molar-refractivity contribution in [2.24, 2.45) is 4.99 Å². The van der Waals surface area contributed by atoms with Crippen LogP contribution in [-0.4, -0.2) is 11.1 Å². The molecule has 106 valence electrons. The molecule has 0 atom stereocenters.